The van der Waals surface area contributed by atoms with Gasteiger partial charge in [0.2, 0.25) is 0 Å². The number of methoxy groups -OCH3 is 1. The van der Waals surface area contributed by atoms with Crippen molar-refractivity contribution in [3.8, 4) is 11.3 Å². The van der Waals surface area contributed by atoms with Crippen LogP contribution < -0.4 is 0 Å². The third kappa shape index (κ3) is 3.75. The number of ether oxygens (including phenoxy) is 2. The number of halogens is 1. The van der Waals surface area contributed by atoms with Crippen LogP contribution in [0.5, 0.6) is 0 Å². The third-order valence-electron chi connectivity index (χ3n) is 4.36. The van der Waals surface area contributed by atoms with Gasteiger partial charge < -0.3 is 9.47 Å². The molecule has 0 radical (unpaired) electrons. The van der Waals surface area contributed by atoms with E-state index in [4.69, 9.17) is 21.1 Å². The first-order valence-corrected chi connectivity index (χ1v) is 9.38. The second-order valence-electron chi connectivity index (χ2n) is 7.61. The summed E-state index contributed by atoms with van der Waals surface area (Å²) in [5, 5.41) is 4.95. The molecular formula is C21H24ClN3O3. The van der Waals surface area contributed by atoms with Crippen LogP contribution in [0.3, 0.4) is 0 Å². The number of aryl methyl sites for hydroxylation is 2. The van der Waals surface area contributed by atoms with Gasteiger partial charge in [0.05, 0.1) is 24.0 Å². The number of carbonyl (C=O) groups excluding carboxylic acids is 1. The van der Waals surface area contributed by atoms with Gasteiger partial charge in [-0.3, -0.25) is 0 Å². The van der Waals surface area contributed by atoms with Crippen molar-refractivity contribution in [3.05, 3.63) is 52.3 Å². The topological polar surface area (TPSA) is 65.7 Å². The van der Waals surface area contributed by atoms with Crippen molar-refractivity contribution in [2.45, 2.75) is 46.3 Å². The van der Waals surface area contributed by atoms with Crippen LogP contribution in [0.1, 0.15) is 43.7 Å². The largest absolute Gasteiger partial charge is 0.467 e. The third-order valence-corrected chi connectivity index (χ3v) is 4.72. The normalized spacial score (nSPS) is 13.0. The molecule has 7 heteroatoms. The highest BCUT2D eigenvalue weighted by Crippen LogP contribution is 2.35. The fourth-order valence-corrected chi connectivity index (χ4v) is 3.44. The lowest BCUT2D eigenvalue weighted by molar-refractivity contribution is -0.164. The summed E-state index contributed by atoms with van der Waals surface area (Å²) in [6.45, 7) is 9.35. The zero-order valence-corrected chi connectivity index (χ0v) is 17.7. The maximum Gasteiger partial charge on any atom is 0.339 e. The smallest absolute Gasteiger partial charge is 0.339 e. The van der Waals surface area contributed by atoms with Gasteiger partial charge in [0.15, 0.2) is 11.8 Å². The van der Waals surface area contributed by atoms with Gasteiger partial charge in [-0.15, -0.1) is 0 Å². The first kappa shape index (κ1) is 20.3. The molecule has 0 fully saturated rings. The number of aromatic nitrogens is 3. The minimum Gasteiger partial charge on any atom is -0.467 e. The highest BCUT2D eigenvalue weighted by molar-refractivity contribution is 6.30. The van der Waals surface area contributed by atoms with E-state index in [0.29, 0.717) is 16.9 Å². The molecule has 0 saturated heterocycles. The first-order chi connectivity index (χ1) is 13.1. The molecule has 0 saturated carbocycles. The van der Waals surface area contributed by atoms with Gasteiger partial charge >= 0.3 is 5.97 Å². The molecule has 0 spiro atoms. The summed E-state index contributed by atoms with van der Waals surface area (Å²) in [5.74, 6) is -0.534. The van der Waals surface area contributed by atoms with E-state index in [1.165, 1.54) is 7.11 Å². The van der Waals surface area contributed by atoms with Crippen LogP contribution in [0.25, 0.3) is 16.9 Å². The van der Waals surface area contributed by atoms with Crippen LogP contribution in [0.2, 0.25) is 5.15 Å². The second-order valence-corrected chi connectivity index (χ2v) is 7.97. The number of benzene rings is 1. The number of fused-ring (bicyclic) bond motifs is 1. The number of carbonyl (C=O) groups is 1. The molecule has 2 heterocycles. The molecule has 1 atom stereocenters. The molecule has 28 heavy (non-hydrogen) atoms. The Kier molecular flexibility index (Phi) is 5.46. The highest BCUT2D eigenvalue weighted by Gasteiger charge is 2.33. The van der Waals surface area contributed by atoms with Crippen molar-refractivity contribution in [3.63, 3.8) is 0 Å². The average Bonchev–Trinajstić information content (AvgIpc) is 2.97. The fraction of sp³-hybridized carbons (Fsp3) is 0.381. The Morgan fingerprint density at radius 2 is 1.82 bits per heavy atom. The summed E-state index contributed by atoms with van der Waals surface area (Å²) in [5.41, 5.74) is 3.78. The summed E-state index contributed by atoms with van der Waals surface area (Å²) in [4.78, 5) is 17.1. The predicted octanol–water partition coefficient (Wildman–Crippen LogP) is 4.70. The van der Waals surface area contributed by atoms with Gasteiger partial charge in [-0.25, -0.2) is 14.3 Å². The molecule has 0 aliphatic heterocycles. The standard InChI is InChI=1S/C21H24ClN3O3/c1-12-16(14-10-8-7-9-11-14)24-25-18(22)15(13(2)23-19(12)25)17(20(26)27-6)28-21(3,4)5/h7-11,17H,1-6H3. The molecular weight excluding hydrogens is 378 g/mol. The molecule has 148 valence electrons. The minimum absolute atomic E-state index is 0.285. The molecule has 3 rings (SSSR count). The lowest BCUT2D eigenvalue weighted by Crippen LogP contribution is -2.29. The molecule has 0 amide bonds. The van der Waals surface area contributed by atoms with Crippen LogP contribution in [0.4, 0.5) is 0 Å². The molecule has 0 aliphatic carbocycles. The first-order valence-electron chi connectivity index (χ1n) is 9.00. The summed E-state index contributed by atoms with van der Waals surface area (Å²) in [7, 11) is 1.32. The van der Waals surface area contributed by atoms with Crippen molar-refractivity contribution in [2.24, 2.45) is 0 Å². The Labute approximate surface area is 169 Å². The number of nitrogens with zero attached hydrogens (tertiary/aromatic N) is 3. The van der Waals surface area contributed by atoms with Crippen molar-refractivity contribution in [1.29, 1.82) is 0 Å². The molecule has 1 unspecified atom stereocenters. The quantitative estimate of drug-likeness (QED) is 0.468. The molecule has 1 aromatic carbocycles. The van der Waals surface area contributed by atoms with Gasteiger partial charge in [-0.1, -0.05) is 41.9 Å². The summed E-state index contributed by atoms with van der Waals surface area (Å²) in [6.07, 6.45) is -1.00. The van der Waals surface area contributed by atoms with Crippen LogP contribution >= 0.6 is 11.6 Å². The number of hydrogen-bond donors (Lipinski definition) is 0. The Balaban J connectivity index is 2.23. The monoisotopic (exact) mass is 401 g/mol. The van der Waals surface area contributed by atoms with E-state index >= 15 is 0 Å². The Bertz CT molecular complexity index is 1020. The van der Waals surface area contributed by atoms with Crippen molar-refractivity contribution < 1.29 is 14.3 Å². The molecule has 0 aliphatic rings. The van der Waals surface area contributed by atoms with Crippen LogP contribution in [-0.4, -0.2) is 33.3 Å². The maximum absolute atomic E-state index is 12.5. The van der Waals surface area contributed by atoms with Gasteiger partial charge in [0.25, 0.3) is 0 Å². The summed E-state index contributed by atoms with van der Waals surface area (Å²) < 4.78 is 12.5. The maximum atomic E-state index is 12.5. The van der Waals surface area contributed by atoms with Crippen molar-refractivity contribution >= 4 is 23.2 Å². The summed E-state index contributed by atoms with van der Waals surface area (Å²) in [6, 6.07) is 9.82. The Morgan fingerprint density at radius 1 is 1.18 bits per heavy atom. The van der Waals surface area contributed by atoms with Gasteiger partial charge in [0, 0.05) is 16.8 Å². The van der Waals surface area contributed by atoms with Crippen LogP contribution in [0, 0.1) is 13.8 Å². The van der Waals surface area contributed by atoms with Gasteiger partial charge in [0.1, 0.15) is 5.15 Å². The fourth-order valence-electron chi connectivity index (χ4n) is 3.09. The van der Waals surface area contributed by atoms with Crippen molar-refractivity contribution in [1.82, 2.24) is 14.6 Å². The number of esters is 1. The van der Waals surface area contributed by atoms with E-state index in [1.54, 1.807) is 11.4 Å². The highest BCUT2D eigenvalue weighted by atomic mass is 35.5. The van der Waals surface area contributed by atoms with E-state index in [9.17, 15) is 4.79 Å². The molecule has 0 bridgehead atoms. The van der Waals surface area contributed by atoms with E-state index < -0.39 is 17.7 Å². The number of rotatable bonds is 4. The predicted molar refractivity (Wildman–Crippen MR) is 109 cm³/mol. The van der Waals surface area contributed by atoms with Crippen LogP contribution in [-0.2, 0) is 14.3 Å². The molecule has 6 nitrogen and oxygen atoms in total. The van der Waals surface area contributed by atoms with E-state index in [1.807, 2.05) is 58.0 Å². The van der Waals surface area contributed by atoms with E-state index in [0.717, 1.165) is 16.8 Å². The number of hydrogen-bond acceptors (Lipinski definition) is 5. The van der Waals surface area contributed by atoms with Crippen LogP contribution in [0.15, 0.2) is 30.3 Å². The average molecular weight is 402 g/mol. The zero-order chi connectivity index (χ0) is 20.6. The van der Waals surface area contributed by atoms with E-state index in [2.05, 4.69) is 10.1 Å². The lowest BCUT2D eigenvalue weighted by atomic mass is 10.1. The minimum atomic E-state index is -1.00. The Hall–Kier alpha value is -2.44. The molecule has 2 aromatic heterocycles. The Morgan fingerprint density at radius 3 is 2.39 bits per heavy atom. The molecule has 3 aromatic rings. The second kappa shape index (κ2) is 7.53. The lowest BCUT2D eigenvalue weighted by Gasteiger charge is -2.27. The van der Waals surface area contributed by atoms with E-state index in [-0.39, 0.29) is 5.15 Å². The summed E-state index contributed by atoms with van der Waals surface area (Å²) >= 11 is 6.72. The van der Waals surface area contributed by atoms with Gasteiger partial charge in [-0.05, 0) is 34.6 Å². The van der Waals surface area contributed by atoms with Crippen molar-refractivity contribution in [2.75, 3.05) is 7.11 Å². The molecule has 0 N–H and O–H groups in total. The SMILES string of the molecule is COC(=O)C(OC(C)(C)C)c1c(C)nc2c(C)c(-c3ccccc3)nn2c1Cl. The zero-order valence-electron chi connectivity index (χ0n) is 16.9. The van der Waals surface area contributed by atoms with Gasteiger partial charge in [-0.2, -0.15) is 5.10 Å².